The zero-order valence-electron chi connectivity index (χ0n) is 18.5. The third-order valence-electron chi connectivity index (χ3n) is 6.43. The molecule has 2 saturated heterocycles. The Kier molecular flexibility index (Phi) is 7.96. The lowest BCUT2D eigenvalue weighted by molar-refractivity contribution is -0.314. The molecule has 6 N–H and O–H groups in total. The van der Waals surface area contributed by atoms with Crippen molar-refractivity contribution in [1.29, 1.82) is 0 Å². The molecule has 184 valence electrons. The SMILES string of the molecule is CC1=C(C(=O)OC2OC(COC3OCC(O)C(O)C3O)C(O)C(O)C2O)C(C)(C)CCC1. The van der Waals surface area contributed by atoms with Crippen molar-refractivity contribution in [2.24, 2.45) is 5.41 Å². The van der Waals surface area contributed by atoms with E-state index >= 15 is 0 Å². The Morgan fingerprint density at radius 1 is 1.00 bits per heavy atom. The molecule has 11 nitrogen and oxygen atoms in total. The van der Waals surface area contributed by atoms with Crippen molar-refractivity contribution >= 4 is 5.97 Å². The smallest absolute Gasteiger partial charge is 0.336 e. The lowest BCUT2D eigenvalue weighted by Gasteiger charge is -2.41. The number of rotatable bonds is 5. The van der Waals surface area contributed by atoms with E-state index in [0.717, 1.165) is 24.8 Å². The number of carbonyl (C=O) groups excluding carboxylic acids is 1. The quantitative estimate of drug-likeness (QED) is 0.257. The van der Waals surface area contributed by atoms with E-state index < -0.39 is 73.3 Å². The number of carbonyl (C=O) groups is 1. The molecule has 3 aliphatic rings. The zero-order chi connectivity index (χ0) is 23.8. The fourth-order valence-electron chi connectivity index (χ4n) is 4.51. The van der Waals surface area contributed by atoms with Crippen LogP contribution in [-0.4, -0.2) is 105 Å². The van der Waals surface area contributed by atoms with Crippen LogP contribution < -0.4 is 0 Å². The van der Waals surface area contributed by atoms with Crippen molar-refractivity contribution in [3.05, 3.63) is 11.1 Å². The number of allylic oxidation sites excluding steroid dienone is 1. The summed E-state index contributed by atoms with van der Waals surface area (Å²) in [6.45, 7) is 5.02. The molecule has 0 aromatic rings. The molecular weight excluding hydrogens is 428 g/mol. The first-order valence-electron chi connectivity index (χ1n) is 10.8. The highest BCUT2D eigenvalue weighted by Crippen LogP contribution is 2.41. The third-order valence-corrected chi connectivity index (χ3v) is 6.43. The van der Waals surface area contributed by atoms with Crippen molar-refractivity contribution in [3.8, 4) is 0 Å². The molecule has 0 saturated carbocycles. The summed E-state index contributed by atoms with van der Waals surface area (Å²) in [6.07, 6.45) is -10.9. The van der Waals surface area contributed by atoms with Crippen LogP contribution in [0.25, 0.3) is 0 Å². The summed E-state index contributed by atoms with van der Waals surface area (Å²) < 4.78 is 21.4. The Labute approximate surface area is 186 Å². The van der Waals surface area contributed by atoms with Gasteiger partial charge in [-0.05, 0) is 31.6 Å². The lowest BCUT2D eigenvalue weighted by atomic mass is 9.73. The molecule has 1 aliphatic carbocycles. The minimum absolute atomic E-state index is 0.275. The van der Waals surface area contributed by atoms with Gasteiger partial charge >= 0.3 is 5.97 Å². The van der Waals surface area contributed by atoms with Gasteiger partial charge in [-0.2, -0.15) is 0 Å². The van der Waals surface area contributed by atoms with Crippen LogP contribution in [0.4, 0.5) is 0 Å². The molecule has 0 amide bonds. The largest absolute Gasteiger partial charge is 0.429 e. The molecule has 0 bridgehead atoms. The van der Waals surface area contributed by atoms with Crippen LogP contribution in [0.1, 0.15) is 40.0 Å². The highest BCUT2D eigenvalue weighted by molar-refractivity contribution is 5.91. The molecule has 2 aliphatic heterocycles. The molecule has 0 radical (unpaired) electrons. The van der Waals surface area contributed by atoms with E-state index in [2.05, 4.69) is 0 Å². The molecule has 2 fully saturated rings. The Bertz CT molecular complexity index is 708. The van der Waals surface area contributed by atoms with Crippen LogP contribution in [0, 0.1) is 5.41 Å². The van der Waals surface area contributed by atoms with Gasteiger partial charge in [0, 0.05) is 5.57 Å². The van der Waals surface area contributed by atoms with Crippen LogP contribution >= 0.6 is 0 Å². The fourth-order valence-corrected chi connectivity index (χ4v) is 4.51. The number of hydrogen-bond donors (Lipinski definition) is 6. The van der Waals surface area contributed by atoms with Gasteiger partial charge in [-0.25, -0.2) is 4.79 Å². The van der Waals surface area contributed by atoms with Crippen LogP contribution in [-0.2, 0) is 23.7 Å². The molecule has 3 rings (SSSR count). The number of esters is 1. The van der Waals surface area contributed by atoms with Crippen molar-refractivity contribution in [3.63, 3.8) is 0 Å². The van der Waals surface area contributed by atoms with Gasteiger partial charge in [0.25, 0.3) is 0 Å². The summed E-state index contributed by atoms with van der Waals surface area (Å²) in [4.78, 5) is 12.9. The second-order valence-electron chi connectivity index (χ2n) is 9.40. The highest BCUT2D eigenvalue weighted by Gasteiger charge is 2.47. The standard InChI is InChI=1S/C21H34O11/c1-9-5-4-6-21(2,3)12(9)18(28)32-20-17(27)15(25)14(24)11(31-20)8-30-19-16(26)13(23)10(22)7-29-19/h10-11,13-17,19-20,22-27H,4-8H2,1-3H3. The van der Waals surface area contributed by atoms with Crippen molar-refractivity contribution in [2.75, 3.05) is 13.2 Å². The maximum Gasteiger partial charge on any atom is 0.336 e. The Morgan fingerprint density at radius 3 is 2.31 bits per heavy atom. The van der Waals surface area contributed by atoms with E-state index in [9.17, 15) is 35.4 Å². The second kappa shape index (κ2) is 10.00. The van der Waals surface area contributed by atoms with Gasteiger partial charge in [0.1, 0.15) is 42.7 Å². The van der Waals surface area contributed by atoms with Gasteiger partial charge in [-0.1, -0.05) is 19.4 Å². The number of hydrogen-bond acceptors (Lipinski definition) is 11. The van der Waals surface area contributed by atoms with Crippen LogP contribution in [0.2, 0.25) is 0 Å². The van der Waals surface area contributed by atoms with Gasteiger partial charge in [0.15, 0.2) is 6.29 Å². The van der Waals surface area contributed by atoms with E-state index in [1.165, 1.54) is 0 Å². The van der Waals surface area contributed by atoms with Crippen molar-refractivity contribution in [1.82, 2.24) is 0 Å². The maximum atomic E-state index is 12.9. The van der Waals surface area contributed by atoms with E-state index in [1.54, 1.807) is 0 Å². The molecular formula is C21H34O11. The molecule has 0 aromatic heterocycles. The van der Waals surface area contributed by atoms with E-state index in [1.807, 2.05) is 20.8 Å². The minimum Gasteiger partial charge on any atom is -0.429 e. The zero-order valence-corrected chi connectivity index (χ0v) is 18.5. The highest BCUT2D eigenvalue weighted by atomic mass is 16.7. The van der Waals surface area contributed by atoms with Crippen LogP contribution in [0.15, 0.2) is 11.1 Å². The fraction of sp³-hybridized carbons (Fsp3) is 0.857. The summed E-state index contributed by atoms with van der Waals surface area (Å²) in [5.74, 6) is -0.664. The predicted octanol–water partition coefficient (Wildman–Crippen LogP) is -1.68. The first-order chi connectivity index (χ1) is 14.9. The molecule has 9 unspecified atom stereocenters. The number of aliphatic hydroxyl groups is 6. The molecule has 0 spiro atoms. The first-order valence-corrected chi connectivity index (χ1v) is 10.8. The van der Waals surface area contributed by atoms with Crippen LogP contribution in [0.3, 0.4) is 0 Å². The predicted molar refractivity (Wildman–Crippen MR) is 107 cm³/mol. The van der Waals surface area contributed by atoms with Gasteiger partial charge in [0.05, 0.1) is 13.2 Å². The monoisotopic (exact) mass is 462 g/mol. The van der Waals surface area contributed by atoms with E-state index in [-0.39, 0.29) is 6.61 Å². The van der Waals surface area contributed by atoms with Crippen LogP contribution in [0.5, 0.6) is 0 Å². The summed E-state index contributed by atoms with van der Waals surface area (Å²) in [7, 11) is 0. The summed E-state index contributed by atoms with van der Waals surface area (Å²) in [6, 6.07) is 0. The van der Waals surface area contributed by atoms with E-state index in [0.29, 0.717) is 5.57 Å². The van der Waals surface area contributed by atoms with Gasteiger partial charge in [0.2, 0.25) is 6.29 Å². The van der Waals surface area contributed by atoms with Gasteiger partial charge in [-0.15, -0.1) is 0 Å². The average Bonchev–Trinajstić information content (AvgIpc) is 2.72. The summed E-state index contributed by atoms with van der Waals surface area (Å²) in [5, 5.41) is 60.0. The minimum atomic E-state index is -1.69. The Hall–Kier alpha value is -1.15. The molecule has 2 heterocycles. The molecule has 0 aromatic carbocycles. The first kappa shape index (κ1) is 25.5. The van der Waals surface area contributed by atoms with Gasteiger partial charge < -0.3 is 49.6 Å². The molecule has 9 atom stereocenters. The van der Waals surface area contributed by atoms with Crippen molar-refractivity contribution in [2.45, 2.75) is 95.3 Å². The second-order valence-corrected chi connectivity index (χ2v) is 9.40. The number of ether oxygens (including phenoxy) is 4. The molecule has 32 heavy (non-hydrogen) atoms. The summed E-state index contributed by atoms with van der Waals surface area (Å²) >= 11 is 0. The normalized spacial score (nSPS) is 42.6. The van der Waals surface area contributed by atoms with Gasteiger partial charge in [-0.3, -0.25) is 0 Å². The maximum absolute atomic E-state index is 12.9. The lowest BCUT2D eigenvalue weighted by Crippen LogP contribution is -2.60. The van der Waals surface area contributed by atoms with Crippen molar-refractivity contribution < 1.29 is 54.4 Å². The molecule has 11 heteroatoms. The topological polar surface area (TPSA) is 175 Å². The van der Waals surface area contributed by atoms with E-state index in [4.69, 9.17) is 18.9 Å². The Morgan fingerprint density at radius 2 is 1.66 bits per heavy atom. The Balaban J connectivity index is 1.66. The number of aliphatic hydroxyl groups excluding tert-OH is 6. The summed E-state index contributed by atoms with van der Waals surface area (Å²) in [5.41, 5.74) is 0.972. The average molecular weight is 462 g/mol. The third kappa shape index (κ3) is 5.16.